The first-order valence-corrected chi connectivity index (χ1v) is 4.62. The Bertz CT molecular complexity index is 235. The molecule has 1 rings (SSSR count). The first-order valence-electron chi connectivity index (χ1n) is 4.62. The smallest absolute Gasteiger partial charge is 0.0474 e. The van der Waals surface area contributed by atoms with Gasteiger partial charge in [0.25, 0.3) is 0 Å². The second-order valence-corrected chi connectivity index (χ2v) is 3.34. The molecule has 0 aliphatic carbocycles. The Balaban J connectivity index is 2.78. The molecule has 0 aromatic heterocycles. The molecule has 2 nitrogen and oxygen atoms in total. The highest BCUT2D eigenvalue weighted by atomic mass is 16.3. The first kappa shape index (κ1) is 10.2. The second-order valence-electron chi connectivity index (χ2n) is 3.34. The van der Waals surface area contributed by atoms with Crippen LogP contribution in [-0.4, -0.2) is 18.8 Å². The van der Waals surface area contributed by atoms with Crippen LogP contribution in [0.25, 0.3) is 0 Å². The molecular formula is C11H17NO. The number of rotatable bonds is 4. The van der Waals surface area contributed by atoms with Crippen LogP contribution in [0, 0.1) is 5.92 Å². The Morgan fingerprint density at radius 2 is 1.92 bits per heavy atom. The quantitative estimate of drug-likeness (QED) is 0.735. The van der Waals surface area contributed by atoms with E-state index in [9.17, 15) is 0 Å². The maximum atomic E-state index is 9.06. The molecule has 0 amide bonds. The third-order valence-electron chi connectivity index (χ3n) is 2.33. The Hall–Kier alpha value is -0.860. The predicted molar refractivity (Wildman–Crippen MR) is 54.5 cm³/mol. The minimum absolute atomic E-state index is 0.209. The molecule has 0 saturated carbocycles. The minimum Gasteiger partial charge on any atom is -0.396 e. The summed E-state index contributed by atoms with van der Waals surface area (Å²) >= 11 is 0. The number of benzene rings is 1. The molecule has 1 aromatic carbocycles. The summed E-state index contributed by atoms with van der Waals surface area (Å²) in [7, 11) is 1.92. The lowest BCUT2D eigenvalue weighted by molar-refractivity contribution is 0.206. The molecule has 1 aromatic rings. The van der Waals surface area contributed by atoms with Crippen LogP contribution in [0.3, 0.4) is 0 Å². The van der Waals surface area contributed by atoms with Crippen molar-refractivity contribution in [1.82, 2.24) is 5.32 Å². The van der Waals surface area contributed by atoms with Crippen molar-refractivity contribution in [2.45, 2.75) is 13.0 Å². The second kappa shape index (κ2) is 5.00. The monoisotopic (exact) mass is 179 g/mol. The Kier molecular flexibility index (Phi) is 3.93. The highest BCUT2D eigenvalue weighted by Gasteiger charge is 2.15. The van der Waals surface area contributed by atoms with Crippen LogP contribution in [0.2, 0.25) is 0 Å². The van der Waals surface area contributed by atoms with E-state index in [1.165, 1.54) is 5.56 Å². The molecule has 0 bridgehead atoms. The van der Waals surface area contributed by atoms with Crippen LogP contribution in [0.5, 0.6) is 0 Å². The molecule has 2 unspecified atom stereocenters. The van der Waals surface area contributed by atoms with Crippen molar-refractivity contribution >= 4 is 0 Å². The molecule has 0 fully saturated rings. The number of aliphatic hydroxyl groups excluding tert-OH is 1. The van der Waals surface area contributed by atoms with Crippen LogP contribution in [0.15, 0.2) is 30.3 Å². The summed E-state index contributed by atoms with van der Waals surface area (Å²) in [6.45, 7) is 2.24. The molecule has 0 radical (unpaired) electrons. The molecule has 2 heteroatoms. The van der Waals surface area contributed by atoms with E-state index in [1.807, 2.05) is 32.2 Å². The van der Waals surface area contributed by atoms with Crippen molar-refractivity contribution in [3.05, 3.63) is 35.9 Å². The fourth-order valence-corrected chi connectivity index (χ4v) is 1.55. The van der Waals surface area contributed by atoms with Gasteiger partial charge in [0, 0.05) is 12.6 Å². The molecule has 0 heterocycles. The van der Waals surface area contributed by atoms with Gasteiger partial charge in [0.05, 0.1) is 0 Å². The van der Waals surface area contributed by atoms with Crippen molar-refractivity contribution in [1.29, 1.82) is 0 Å². The van der Waals surface area contributed by atoms with Crippen molar-refractivity contribution in [2.75, 3.05) is 13.7 Å². The van der Waals surface area contributed by atoms with E-state index in [0.717, 1.165) is 0 Å². The van der Waals surface area contributed by atoms with Gasteiger partial charge in [-0.2, -0.15) is 0 Å². The Labute approximate surface area is 79.6 Å². The third-order valence-corrected chi connectivity index (χ3v) is 2.33. The predicted octanol–water partition coefficient (Wildman–Crippen LogP) is 1.58. The lowest BCUT2D eigenvalue weighted by atomic mass is 9.95. The third kappa shape index (κ3) is 2.54. The highest BCUT2D eigenvalue weighted by molar-refractivity contribution is 5.19. The Morgan fingerprint density at radius 3 is 2.38 bits per heavy atom. The van der Waals surface area contributed by atoms with Gasteiger partial charge >= 0.3 is 0 Å². The summed E-state index contributed by atoms with van der Waals surface area (Å²) in [6.07, 6.45) is 0. The van der Waals surface area contributed by atoms with Gasteiger partial charge in [-0.05, 0) is 18.5 Å². The zero-order valence-corrected chi connectivity index (χ0v) is 8.20. The number of hydrogen-bond acceptors (Lipinski definition) is 2. The average molecular weight is 179 g/mol. The van der Waals surface area contributed by atoms with Crippen molar-refractivity contribution in [3.63, 3.8) is 0 Å². The summed E-state index contributed by atoms with van der Waals surface area (Å²) in [5.41, 5.74) is 1.23. The van der Waals surface area contributed by atoms with Crippen molar-refractivity contribution < 1.29 is 5.11 Å². The van der Waals surface area contributed by atoms with Gasteiger partial charge in [0.15, 0.2) is 0 Å². The molecule has 0 saturated heterocycles. The van der Waals surface area contributed by atoms with E-state index in [1.54, 1.807) is 0 Å². The summed E-state index contributed by atoms with van der Waals surface area (Å²) < 4.78 is 0. The van der Waals surface area contributed by atoms with Crippen LogP contribution in [0.1, 0.15) is 18.5 Å². The number of aliphatic hydroxyl groups is 1. The van der Waals surface area contributed by atoms with E-state index < -0.39 is 0 Å². The summed E-state index contributed by atoms with van der Waals surface area (Å²) in [4.78, 5) is 0. The fraction of sp³-hybridized carbons (Fsp3) is 0.455. The van der Waals surface area contributed by atoms with E-state index in [0.29, 0.717) is 0 Å². The number of hydrogen-bond donors (Lipinski definition) is 2. The van der Waals surface area contributed by atoms with E-state index in [4.69, 9.17) is 5.11 Å². The summed E-state index contributed by atoms with van der Waals surface area (Å²) in [5.74, 6) is 0.243. The maximum Gasteiger partial charge on any atom is 0.0474 e. The van der Waals surface area contributed by atoms with E-state index >= 15 is 0 Å². The summed E-state index contributed by atoms with van der Waals surface area (Å²) in [5, 5.41) is 12.3. The van der Waals surface area contributed by atoms with Crippen LogP contribution >= 0.6 is 0 Å². The van der Waals surface area contributed by atoms with Gasteiger partial charge in [-0.25, -0.2) is 0 Å². The van der Waals surface area contributed by atoms with Gasteiger partial charge < -0.3 is 10.4 Å². The van der Waals surface area contributed by atoms with Gasteiger partial charge in [-0.15, -0.1) is 0 Å². The van der Waals surface area contributed by atoms with Gasteiger partial charge in [-0.1, -0.05) is 37.3 Å². The van der Waals surface area contributed by atoms with E-state index in [-0.39, 0.29) is 18.6 Å². The average Bonchev–Trinajstić information content (AvgIpc) is 2.20. The molecule has 2 N–H and O–H groups in total. The van der Waals surface area contributed by atoms with Crippen LogP contribution < -0.4 is 5.32 Å². The largest absolute Gasteiger partial charge is 0.396 e. The zero-order valence-electron chi connectivity index (χ0n) is 8.20. The SMILES string of the molecule is CNC(c1ccccc1)C(C)CO. The molecule has 0 aliphatic rings. The summed E-state index contributed by atoms with van der Waals surface area (Å²) in [6, 6.07) is 10.4. The molecule has 2 atom stereocenters. The number of nitrogens with one attached hydrogen (secondary N) is 1. The van der Waals surface area contributed by atoms with E-state index in [2.05, 4.69) is 17.4 Å². The van der Waals surface area contributed by atoms with Crippen LogP contribution in [-0.2, 0) is 0 Å². The Morgan fingerprint density at radius 1 is 1.31 bits per heavy atom. The lowest BCUT2D eigenvalue weighted by Crippen LogP contribution is -2.25. The normalized spacial score (nSPS) is 15.3. The zero-order chi connectivity index (χ0) is 9.68. The van der Waals surface area contributed by atoms with Gasteiger partial charge in [0.1, 0.15) is 0 Å². The molecule has 72 valence electrons. The standard InChI is InChI=1S/C11H17NO/c1-9(8-13)11(12-2)10-6-4-3-5-7-10/h3-7,9,11-13H,8H2,1-2H3. The van der Waals surface area contributed by atoms with Gasteiger partial charge in [-0.3, -0.25) is 0 Å². The molecular weight excluding hydrogens is 162 g/mol. The lowest BCUT2D eigenvalue weighted by Gasteiger charge is -2.22. The van der Waals surface area contributed by atoms with Crippen molar-refractivity contribution in [3.8, 4) is 0 Å². The minimum atomic E-state index is 0.209. The van der Waals surface area contributed by atoms with Crippen molar-refractivity contribution in [2.24, 2.45) is 5.92 Å². The van der Waals surface area contributed by atoms with Gasteiger partial charge in [0.2, 0.25) is 0 Å². The maximum absolute atomic E-state index is 9.06. The van der Waals surface area contributed by atoms with Crippen LogP contribution in [0.4, 0.5) is 0 Å². The molecule has 0 aliphatic heterocycles. The fourth-order valence-electron chi connectivity index (χ4n) is 1.55. The molecule has 0 spiro atoms. The highest BCUT2D eigenvalue weighted by Crippen LogP contribution is 2.20. The first-order chi connectivity index (χ1) is 6.29. The molecule has 13 heavy (non-hydrogen) atoms. The topological polar surface area (TPSA) is 32.3 Å².